The molecule has 0 bridgehead atoms. The molecule has 0 N–H and O–H groups in total. The molecule has 5 heteroatoms. The minimum absolute atomic E-state index is 0.0410. The second-order valence-corrected chi connectivity index (χ2v) is 5.70. The Morgan fingerprint density at radius 2 is 1.70 bits per heavy atom. The summed E-state index contributed by atoms with van der Waals surface area (Å²) in [6.45, 7) is 5.85. The highest BCUT2D eigenvalue weighted by Gasteiger charge is 2.17. The summed E-state index contributed by atoms with van der Waals surface area (Å²) in [5, 5.41) is 0. The highest BCUT2D eigenvalue weighted by Crippen LogP contribution is 2.08. The molecule has 1 unspecified atom stereocenters. The van der Waals surface area contributed by atoms with Gasteiger partial charge >= 0.3 is 11.9 Å². The minimum atomic E-state index is -0.615. The normalized spacial score (nSPS) is 11.7. The van der Waals surface area contributed by atoms with Crippen molar-refractivity contribution in [3.8, 4) is 0 Å². The second-order valence-electron chi connectivity index (χ2n) is 4.59. The van der Waals surface area contributed by atoms with Crippen LogP contribution in [0, 0.1) is 0 Å². The Bertz CT molecular complexity index is 292. The number of rotatable bonds is 12. The van der Waals surface area contributed by atoms with Crippen molar-refractivity contribution >= 4 is 27.9 Å². The van der Waals surface area contributed by atoms with Crippen molar-refractivity contribution in [1.29, 1.82) is 0 Å². The molecule has 0 aliphatic heterocycles. The zero-order valence-corrected chi connectivity index (χ0v) is 13.8. The van der Waals surface area contributed by atoms with Gasteiger partial charge in [-0.3, -0.25) is 4.79 Å². The van der Waals surface area contributed by atoms with Crippen molar-refractivity contribution in [3.05, 3.63) is 12.7 Å². The first-order valence-electron chi connectivity index (χ1n) is 7.21. The quantitative estimate of drug-likeness (QED) is 0.233. The third-order valence-corrected chi connectivity index (χ3v) is 3.42. The van der Waals surface area contributed by atoms with Crippen LogP contribution in [0.5, 0.6) is 0 Å². The predicted molar refractivity (Wildman–Crippen MR) is 82.8 cm³/mol. The van der Waals surface area contributed by atoms with Crippen molar-refractivity contribution in [2.45, 2.75) is 56.7 Å². The number of esters is 2. The molecule has 0 aromatic rings. The summed E-state index contributed by atoms with van der Waals surface area (Å²) in [7, 11) is 0. The highest BCUT2D eigenvalue weighted by molar-refractivity contribution is 9.10. The molecule has 4 nitrogen and oxygen atoms in total. The first-order chi connectivity index (χ1) is 9.61. The van der Waals surface area contributed by atoms with Gasteiger partial charge in [0.05, 0.1) is 6.61 Å². The smallest absolute Gasteiger partial charge is 0.330 e. The Balaban J connectivity index is 3.47. The summed E-state index contributed by atoms with van der Waals surface area (Å²) in [4.78, 5) is 21.7. The Labute approximate surface area is 130 Å². The maximum Gasteiger partial charge on any atom is 0.330 e. The molecule has 0 aromatic heterocycles. The predicted octanol–water partition coefficient (Wildman–Crippen LogP) is 3.77. The molecule has 0 rings (SSSR count). The van der Waals surface area contributed by atoms with Gasteiger partial charge in [-0.1, -0.05) is 68.0 Å². The maximum absolute atomic E-state index is 11.5. The van der Waals surface area contributed by atoms with Gasteiger partial charge in [-0.15, -0.1) is 0 Å². The Morgan fingerprint density at radius 1 is 1.10 bits per heavy atom. The van der Waals surface area contributed by atoms with E-state index in [-0.39, 0.29) is 6.61 Å². The van der Waals surface area contributed by atoms with Crippen LogP contribution in [0.25, 0.3) is 0 Å². The van der Waals surface area contributed by atoms with Crippen LogP contribution >= 0.6 is 15.9 Å². The van der Waals surface area contributed by atoms with Crippen LogP contribution in [0.15, 0.2) is 12.7 Å². The lowest BCUT2D eigenvalue weighted by molar-refractivity contribution is -0.146. The van der Waals surface area contributed by atoms with E-state index in [9.17, 15) is 9.59 Å². The van der Waals surface area contributed by atoms with Crippen LogP contribution in [-0.2, 0) is 19.1 Å². The van der Waals surface area contributed by atoms with E-state index in [0.717, 1.165) is 18.9 Å². The molecule has 0 aromatic carbocycles. The fourth-order valence-corrected chi connectivity index (χ4v) is 1.87. The van der Waals surface area contributed by atoms with E-state index in [4.69, 9.17) is 9.47 Å². The fraction of sp³-hybridized carbons (Fsp3) is 0.733. The molecule has 0 saturated heterocycles. The van der Waals surface area contributed by atoms with E-state index in [2.05, 4.69) is 29.4 Å². The topological polar surface area (TPSA) is 52.6 Å². The summed E-state index contributed by atoms with van der Waals surface area (Å²) in [6.07, 6.45) is 9.29. The average Bonchev–Trinajstić information content (AvgIpc) is 2.46. The summed E-state index contributed by atoms with van der Waals surface area (Å²) >= 11 is 3.13. The van der Waals surface area contributed by atoms with Crippen molar-refractivity contribution in [1.82, 2.24) is 0 Å². The summed E-state index contributed by atoms with van der Waals surface area (Å²) in [5.74, 6) is -0.942. The summed E-state index contributed by atoms with van der Waals surface area (Å²) in [6, 6.07) is 0. The third kappa shape index (κ3) is 11.0. The van der Waals surface area contributed by atoms with Gasteiger partial charge in [0.15, 0.2) is 0 Å². The molecule has 1 atom stereocenters. The number of carbonyl (C=O) groups is 2. The Kier molecular flexibility index (Phi) is 12.6. The van der Waals surface area contributed by atoms with E-state index in [1.165, 1.54) is 32.1 Å². The second kappa shape index (κ2) is 13.2. The number of hydrogen-bond donors (Lipinski definition) is 0. The monoisotopic (exact) mass is 348 g/mol. The van der Waals surface area contributed by atoms with Gasteiger partial charge in [0, 0.05) is 6.08 Å². The van der Waals surface area contributed by atoms with Crippen LogP contribution in [-0.4, -0.2) is 30.0 Å². The number of carbonyl (C=O) groups excluding carboxylic acids is 2. The Morgan fingerprint density at radius 3 is 2.30 bits per heavy atom. The van der Waals surface area contributed by atoms with Gasteiger partial charge in [0.25, 0.3) is 0 Å². The lowest BCUT2D eigenvalue weighted by Gasteiger charge is -2.10. The van der Waals surface area contributed by atoms with Crippen LogP contribution in [0.1, 0.15) is 51.9 Å². The van der Waals surface area contributed by atoms with Gasteiger partial charge in [-0.05, 0) is 6.42 Å². The largest absolute Gasteiger partial charge is 0.465 e. The van der Waals surface area contributed by atoms with Crippen molar-refractivity contribution in [3.63, 3.8) is 0 Å². The molecule has 0 amide bonds. The molecule has 0 aliphatic rings. The zero-order valence-electron chi connectivity index (χ0n) is 12.2. The van der Waals surface area contributed by atoms with Crippen LogP contribution < -0.4 is 0 Å². The van der Waals surface area contributed by atoms with Gasteiger partial charge < -0.3 is 9.47 Å². The van der Waals surface area contributed by atoms with Gasteiger partial charge in [0.2, 0.25) is 0 Å². The van der Waals surface area contributed by atoms with Gasteiger partial charge in [-0.2, -0.15) is 0 Å². The van der Waals surface area contributed by atoms with E-state index < -0.39 is 16.8 Å². The highest BCUT2D eigenvalue weighted by atomic mass is 79.9. The molecule has 0 saturated carbocycles. The van der Waals surface area contributed by atoms with Gasteiger partial charge in [-0.25, -0.2) is 4.79 Å². The Hall–Kier alpha value is -0.840. The average molecular weight is 349 g/mol. The van der Waals surface area contributed by atoms with Crippen molar-refractivity contribution < 1.29 is 19.1 Å². The number of alkyl halides is 1. The summed E-state index contributed by atoms with van der Waals surface area (Å²) in [5.41, 5.74) is 0. The molecular weight excluding hydrogens is 324 g/mol. The van der Waals surface area contributed by atoms with Crippen LogP contribution in [0.3, 0.4) is 0 Å². The van der Waals surface area contributed by atoms with E-state index in [1.54, 1.807) is 0 Å². The van der Waals surface area contributed by atoms with Gasteiger partial charge in [0.1, 0.15) is 11.4 Å². The van der Waals surface area contributed by atoms with Crippen molar-refractivity contribution in [2.24, 2.45) is 0 Å². The number of hydrogen-bond acceptors (Lipinski definition) is 4. The summed E-state index contributed by atoms with van der Waals surface area (Å²) < 4.78 is 9.85. The molecule has 0 spiro atoms. The van der Waals surface area contributed by atoms with Crippen LogP contribution in [0.2, 0.25) is 0 Å². The number of halogens is 1. The molecule has 116 valence electrons. The SMILES string of the molecule is C=CC(=O)OCC(Br)C(=O)OCCCCCCCCC. The molecule has 0 aliphatic carbocycles. The van der Waals surface area contributed by atoms with E-state index in [1.807, 2.05) is 0 Å². The minimum Gasteiger partial charge on any atom is -0.465 e. The van der Waals surface area contributed by atoms with E-state index >= 15 is 0 Å². The van der Waals surface area contributed by atoms with Crippen molar-refractivity contribution in [2.75, 3.05) is 13.2 Å². The zero-order chi connectivity index (χ0) is 15.2. The fourth-order valence-electron chi connectivity index (χ4n) is 1.60. The molecule has 0 radical (unpaired) electrons. The molecular formula is C15H25BrO4. The standard InChI is InChI=1S/C15H25BrO4/c1-3-5-6-7-8-9-10-11-19-15(18)13(16)12-20-14(17)4-2/h4,13H,2-3,5-12H2,1H3. The molecule has 0 heterocycles. The number of ether oxygens (including phenoxy) is 2. The first-order valence-corrected chi connectivity index (χ1v) is 8.13. The van der Waals surface area contributed by atoms with Crippen LogP contribution in [0.4, 0.5) is 0 Å². The first kappa shape index (κ1) is 19.2. The maximum atomic E-state index is 11.5. The van der Waals surface area contributed by atoms with E-state index in [0.29, 0.717) is 6.61 Å². The lowest BCUT2D eigenvalue weighted by Crippen LogP contribution is -2.24. The number of unbranched alkanes of at least 4 members (excludes halogenated alkanes) is 6. The lowest BCUT2D eigenvalue weighted by atomic mass is 10.1. The molecule has 0 fully saturated rings. The third-order valence-electron chi connectivity index (χ3n) is 2.79. The molecule has 20 heavy (non-hydrogen) atoms.